The third-order valence-electron chi connectivity index (χ3n) is 15.0. The number of hydrogen-bond acceptors (Lipinski definition) is 0. The monoisotopic (exact) mass is 1010 g/mol. The second-order valence-electron chi connectivity index (χ2n) is 19.8. The van der Waals surface area contributed by atoms with Crippen molar-refractivity contribution in [3.8, 4) is 0 Å². The molecule has 0 amide bonds. The summed E-state index contributed by atoms with van der Waals surface area (Å²) in [6.07, 6.45) is 0. The molecule has 0 aliphatic rings. The Hall–Kier alpha value is -10.1. The summed E-state index contributed by atoms with van der Waals surface area (Å²) >= 11 is 0. The summed E-state index contributed by atoms with van der Waals surface area (Å²) in [6, 6.07) is 122. The van der Waals surface area contributed by atoms with Gasteiger partial charge in [0.2, 0.25) is 0 Å². The lowest BCUT2D eigenvalue weighted by molar-refractivity contribution is 1.22. The Bertz CT molecular complexity index is 3980. The van der Waals surface area contributed by atoms with Gasteiger partial charge in [-0.05, 0) is 133 Å². The van der Waals surface area contributed by atoms with Crippen molar-refractivity contribution >= 4 is 33.4 Å². The molecule has 79 heavy (non-hydrogen) atoms. The van der Waals surface area contributed by atoms with Gasteiger partial charge in [-0.15, -0.1) is 0 Å². The normalized spacial score (nSPS) is 10.8. The quantitative estimate of drug-likeness (QED) is 0.121. The predicted molar refractivity (Wildman–Crippen MR) is 331 cm³/mol. The first-order chi connectivity index (χ1) is 39.2. The van der Waals surface area contributed by atoms with Crippen LogP contribution in [0.4, 0.5) is 0 Å². The Kier molecular flexibility index (Phi) is 14.7. The summed E-state index contributed by atoms with van der Waals surface area (Å²) < 4.78 is 0. The Morgan fingerprint density at radius 1 is 0.139 bits per heavy atom. The van der Waals surface area contributed by atoms with Gasteiger partial charge in [-0.1, -0.05) is 334 Å². The smallest absolute Gasteiger partial charge is 0.0000940 e. The molecule has 0 radical (unpaired) electrons. The lowest BCUT2D eigenvalue weighted by Crippen LogP contribution is -2.69. The molecule has 0 aliphatic heterocycles. The highest BCUT2D eigenvalue weighted by molar-refractivity contribution is 5.91. The fraction of sp³-hybridized carbons (Fsp3) is 0.0127. The van der Waals surface area contributed by atoms with Crippen molar-refractivity contribution in [1.82, 2.24) is 0 Å². The van der Waals surface area contributed by atoms with E-state index >= 15 is 0 Å². The van der Waals surface area contributed by atoms with Gasteiger partial charge in [0.05, 0.1) is 0 Å². The lowest BCUT2D eigenvalue weighted by atomic mass is 9.80. The van der Waals surface area contributed by atoms with E-state index in [4.69, 9.17) is 0 Å². The second kappa shape index (κ2) is 23.4. The van der Waals surface area contributed by atoms with Gasteiger partial charge in [-0.3, -0.25) is 0 Å². The first-order valence-corrected chi connectivity index (χ1v) is 27.3. The van der Waals surface area contributed by atoms with Crippen LogP contribution in [0.3, 0.4) is 0 Å². The molecule has 0 atom stereocenters. The van der Waals surface area contributed by atoms with Crippen LogP contribution in [0.2, 0.25) is 0 Å². The number of rotatable bonds is 11. The topological polar surface area (TPSA) is 0 Å². The van der Waals surface area contributed by atoms with Gasteiger partial charge in [-0.2, -0.15) is 0 Å². The van der Waals surface area contributed by atoms with Crippen molar-refractivity contribution in [2.24, 2.45) is 0 Å². The molecule has 0 heteroatoms. The van der Waals surface area contributed by atoms with Crippen LogP contribution in [0.5, 0.6) is 0 Å². The van der Waals surface area contributed by atoms with Gasteiger partial charge in [0.25, 0.3) is 0 Å². The maximum Gasteiger partial charge on any atom is -0.0000940 e. The molecule has 0 heterocycles. The zero-order valence-corrected chi connectivity index (χ0v) is 44.3. The molecule has 0 bridgehead atoms. The van der Waals surface area contributed by atoms with Crippen LogP contribution < -0.4 is 31.3 Å². The van der Waals surface area contributed by atoms with Crippen molar-refractivity contribution in [3.05, 3.63) is 426 Å². The van der Waals surface area contributed by atoms with Gasteiger partial charge in [0.15, 0.2) is 0 Å². The van der Waals surface area contributed by atoms with Crippen LogP contribution in [-0.4, -0.2) is 0 Å². The molecule has 12 aromatic rings. The van der Waals surface area contributed by atoms with Gasteiger partial charge >= 0.3 is 0 Å². The van der Waals surface area contributed by atoms with E-state index in [1.54, 1.807) is 0 Å². The first kappa shape index (κ1) is 49.7. The second-order valence-corrected chi connectivity index (χ2v) is 19.8. The van der Waals surface area contributed by atoms with Crippen LogP contribution in [0, 0.1) is 0 Å². The van der Waals surface area contributed by atoms with Crippen LogP contribution in [0.1, 0.15) is 68.1 Å². The Labute approximate surface area is 463 Å². The molecule has 0 N–H and O–H groups in total. The lowest BCUT2D eigenvalue weighted by Gasteiger charge is -2.22. The minimum absolute atomic E-state index is 1.10. The Balaban J connectivity index is 1.71. The maximum atomic E-state index is 2.36. The summed E-state index contributed by atoms with van der Waals surface area (Å²) in [6.45, 7) is 2.36. The average molecular weight is 1010 g/mol. The molecule has 0 fully saturated rings. The Morgan fingerprint density at radius 3 is 0.392 bits per heavy atom. The molecule has 374 valence electrons. The summed E-state index contributed by atoms with van der Waals surface area (Å²) in [5.74, 6) is 0. The van der Waals surface area contributed by atoms with Gasteiger partial charge < -0.3 is 0 Å². The zero-order chi connectivity index (χ0) is 53.2. The molecule has 0 saturated heterocycles. The molecule has 0 nitrogen and oxygen atoms in total. The highest BCUT2D eigenvalue weighted by Crippen LogP contribution is 2.27. The fourth-order valence-electron chi connectivity index (χ4n) is 11.5. The molecular weight excluding hydrogens is 949 g/mol. The van der Waals surface area contributed by atoms with E-state index in [1.807, 2.05) is 0 Å². The standard InChI is InChI=1S/C79H58/c1-57(58-35-13-2-14-36-58)69-75(70(59-37-15-3-16-38-59)60-39-17-4-18-40-60)77(72(63-45-23-7-24-46-63)64-47-25-8-26-48-64)79(74(67-53-31-11-32-54-67)68-55-33-12-34-56-68)78(73(65-49-27-9-28-50-65)66-51-29-10-30-52-66)76(69)71(61-41-19-5-20-42-61)62-43-21-6-22-44-62/h2-56H,1H3. The van der Waals surface area contributed by atoms with Crippen molar-refractivity contribution in [2.45, 2.75) is 6.92 Å². The van der Waals surface area contributed by atoms with Gasteiger partial charge in [0, 0.05) is 0 Å². The van der Waals surface area contributed by atoms with Crippen LogP contribution >= 0.6 is 0 Å². The number of hydrogen-bond donors (Lipinski definition) is 0. The van der Waals surface area contributed by atoms with Crippen molar-refractivity contribution in [3.63, 3.8) is 0 Å². The van der Waals surface area contributed by atoms with E-state index in [0.717, 1.165) is 126 Å². The van der Waals surface area contributed by atoms with E-state index in [-0.39, 0.29) is 0 Å². The molecule has 12 rings (SSSR count). The zero-order valence-electron chi connectivity index (χ0n) is 44.3. The average Bonchev–Trinajstić information content (AvgIpc) is 3.63. The highest BCUT2D eigenvalue weighted by atomic mass is 14.3. The largest absolute Gasteiger partial charge is 0.0622 e. The Morgan fingerprint density at radius 2 is 0.253 bits per heavy atom. The summed E-state index contributed by atoms with van der Waals surface area (Å²) in [4.78, 5) is 0. The SMILES string of the molecule is CC(c1ccccc1)=c1c(=C(c2ccccc2)c2ccccc2)c(=C(c2ccccc2)c2ccccc2)c(=C(c2ccccc2)c2ccccc2)c(=C(c2ccccc2)c2ccccc2)c1=C(c1ccccc1)c1ccccc1. The highest BCUT2D eigenvalue weighted by Gasteiger charge is 2.24. The molecule has 12 aromatic carbocycles. The van der Waals surface area contributed by atoms with Crippen LogP contribution in [-0.2, 0) is 0 Å². The minimum Gasteiger partial charge on any atom is -0.0622 e. The van der Waals surface area contributed by atoms with E-state index in [2.05, 4.69) is 341 Å². The van der Waals surface area contributed by atoms with Crippen LogP contribution in [0.25, 0.3) is 33.4 Å². The first-order valence-electron chi connectivity index (χ1n) is 27.3. The van der Waals surface area contributed by atoms with Crippen molar-refractivity contribution in [2.75, 3.05) is 0 Å². The maximum absolute atomic E-state index is 2.36. The van der Waals surface area contributed by atoms with Crippen LogP contribution in [0.15, 0.2) is 334 Å². The summed E-state index contributed by atoms with van der Waals surface area (Å²) in [5, 5.41) is 6.76. The molecular formula is C79H58. The third kappa shape index (κ3) is 10.2. The van der Waals surface area contributed by atoms with Crippen molar-refractivity contribution in [1.29, 1.82) is 0 Å². The minimum atomic E-state index is 1.10. The molecule has 0 saturated carbocycles. The molecule has 0 aromatic heterocycles. The van der Waals surface area contributed by atoms with E-state index in [1.165, 1.54) is 0 Å². The molecule has 0 spiro atoms. The van der Waals surface area contributed by atoms with E-state index in [0.29, 0.717) is 0 Å². The summed E-state index contributed by atoms with van der Waals surface area (Å²) in [7, 11) is 0. The van der Waals surface area contributed by atoms with E-state index in [9.17, 15) is 0 Å². The van der Waals surface area contributed by atoms with E-state index < -0.39 is 0 Å². The molecule has 0 unspecified atom stereocenters. The van der Waals surface area contributed by atoms with Gasteiger partial charge in [-0.25, -0.2) is 0 Å². The number of benzene rings is 12. The third-order valence-corrected chi connectivity index (χ3v) is 15.0. The molecule has 0 aliphatic carbocycles. The predicted octanol–water partition coefficient (Wildman–Crippen LogP) is 14.1. The summed E-state index contributed by atoms with van der Waals surface area (Å²) in [5.41, 5.74) is 19.0. The van der Waals surface area contributed by atoms with Gasteiger partial charge in [0.1, 0.15) is 0 Å². The van der Waals surface area contributed by atoms with Crippen molar-refractivity contribution < 1.29 is 0 Å². The fourth-order valence-corrected chi connectivity index (χ4v) is 11.5.